The number of para-hydroxylation sites is 1. The summed E-state index contributed by atoms with van der Waals surface area (Å²) >= 11 is 0. The lowest BCUT2D eigenvalue weighted by Crippen LogP contribution is -2.42. The number of hydrogen-bond acceptors (Lipinski definition) is 3. The quantitative estimate of drug-likeness (QED) is 0.692. The van der Waals surface area contributed by atoms with Crippen LogP contribution in [0.3, 0.4) is 0 Å². The fraction of sp³-hybridized carbons (Fsp3) is 0.200. The number of anilines is 1. The van der Waals surface area contributed by atoms with Crippen molar-refractivity contribution in [3.05, 3.63) is 59.8 Å². The van der Waals surface area contributed by atoms with Crippen LogP contribution in [0.25, 0.3) is 10.9 Å². The van der Waals surface area contributed by atoms with Gasteiger partial charge in [0.2, 0.25) is 0 Å². The van der Waals surface area contributed by atoms with Crippen molar-refractivity contribution in [2.45, 2.75) is 6.92 Å². The molecule has 0 atom stereocenters. The minimum Gasteiger partial charge on any atom is -0.482 e. The molecular weight excluding hydrogens is 316 g/mol. The lowest BCUT2D eigenvalue weighted by molar-refractivity contribution is -0.121. The van der Waals surface area contributed by atoms with E-state index in [1.54, 1.807) is 0 Å². The van der Waals surface area contributed by atoms with Gasteiger partial charge in [-0.2, -0.15) is 0 Å². The normalized spacial score (nSPS) is 13.7. The molecule has 1 aliphatic rings. The lowest BCUT2D eigenvalue weighted by Gasteiger charge is -2.29. The van der Waals surface area contributed by atoms with Crippen molar-refractivity contribution in [2.24, 2.45) is 7.05 Å². The zero-order chi connectivity index (χ0) is 17.6. The number of rotatable bonds is 3. The average Bonchev–Trinajstić information content (AvgIpc) is 2.95. The van der Waals surface area contributed by atoms with E-state index in [9.17, 15) is 9.59 Å². The Morgan fingerprint density at radius 3 is 2.84 bits per heavy atom. The van der Waals surface area contributed by atoms with Crippen molar-refractivity contribution in [3.63, 3.8) is 0 Å². The van der Waals surface area contributed by atoms with Crippen LogP contribution in [0.2, 0.25) is 0 Å². The minimum atomic E-state index is -0.202. The summed E-state index contributed by atoms with van der Waals surface area (Å²) in [5, 5.41) is 0.903. The van der Waals surface area contributed by atoms with Crippen LogP contribution < -0.4 is 9.64 Å². The molecule has 5 nitrogen and oxygen atoms in total. The SMILES string of the molecule is Cc1ccc2c(c1)N(CC(=O)c1cn(C)c3ccccc13)C(=O)CO2. The maximum absolute atomic E-state index is 12.9. The fourth-order valence-corrected chi connectivity index (χ4v) is 3.28. The summed E-state index contributed by atoms with van der Waals surface area (Å²) in [6.07, 6.45) is 1.83. The summed E-state index contributed by atoms with van der Waals surface area (Å²) in [4.78, 5) is 26.8. The molecule has 1 aliphatic heterocycles. The second-order valence-electron chi connectivity index (χ2n) is 6.33. The van der Waals surface area contributed by atoms with E-state index in [0.717, 1.165) is 16.5 Å². The van der Waals surface area contributed by atoms with Crippen LogP contribution in [0.1, 0.15) is 15.9 Å². The summed E-state index contributed by atoms with van der Waals surface area (Å²) in [6, 6.07) is 13.4. The third-order valence-electron chi connectivity index (χ3n) is 4.56. The molecule has 0 unspecified atom stereocenters. The molecule has 0 saturated carbocycles. The van der Waals surface area contributed by atoms with Crippen molar-refractivity contribution >= 4 is 28.3 Å². The minimum absolute atomic E-state index is 0.00660. The molecule has 0 saturated heterocycles. The van der Waals surface area contributed by atoms with Crippen LogP contribution in [-0.2, 0) is 11.8 Å². The van der Waals surface area contributed by atoms with Gasteiger partial charge in [-0.05, 0) is 30.7 Å². The summed E-state index contributed by atoms with van der Waals surface area (Å²) in [6.45, 7) is 1.91. The third-order valence-corrected chi connectivity index (χ3v) is 4.56. The Morgan fingerprint density at radius 2 is 2.00 bits per heavy atom. The van der Waals surface area contributed by atoms with Crippen LogP contribution in [0.15, 0.2) is 48.7 Å². The van der Waals surface area contributed by atoms with E-state index in [-0.39, 0.29) is 24.8 Å². The van der Waals surface area contributed by atoms with Crippen LogP contribution >= 0.6 is 0 Å². The fourth-order valence-electron chi connectivity index (χ4n) is 3.28. The number of hydrogen-bond donors (Lipinski definition) is 0. The van der Waals surface area contributed by atoms with Crippen molar-refractivity contribution in [1.29, 1.82) is 0 Å². The topological polar surface area (TPSA) is 51.5 Å². The molecule has 0 N–H and O–H groups in total. The molecule has 1 aromatic heterocycles. The predicted octanol–water partition coefficient (Wildman–Crippen LogP) is 3.10. The molecule has 0 spiro atoms. The summed E-state index contributed by atoms with van der Waals surface area (Å²) < 4.78 is 7.41. The molecule has 0 bridgehead atoms. The highest BCUT2D eigenvalue weighted by molar-refractivity contribution is 6.13. The molecule has 2 heterocycles. The van der Waals surface area contributed by atoms with E-state index in [4.69, 9.17) is 4.74 Å². The van der Waals surface area contributed by atoms with E-state index < -0.39 is 0 Å². The van der Waals surface area contributed by atoms with Crippen molar-refractivity contribution < 1.29 is 14.3 Å². The highest BCUT2D eigenvalue weighted by Crippen LogP contribution is 2.33. The molecule has 0 aliphatic carbocycles. The second-order valence-corrected chi connectivity index (χ2v) is 6.33. The van der Waals surface area contributed by atoms with E-state index in [1.165, 1.54) is 4.90 Å². The smallest absolute Gasteiger partial charge is 0.265 e. The monoisotopic (exact) mass is 334 g/mol. The van der Waals surface area contributed by atoms with E-state index >= 15 is 0 Å². The Balaban J connectivity index is 1.71. The number of ketones is 1. The van der Waals surface area contributed by atoms with Gasteiger partial charge in [-0.25, -0.2) is 0 Å². The number of carbonyl (C=O) groups is 2. The van der Waals surface area contributed by atoms with Gasteiger partial charge in [0.25, 0.3) is 5.91 Å². The largest absolute Gasteiger partial charge is 0.482 e. The van der Waals surface area contributed by atoms with Gasteiger partial charge in [-0.1, -0.05) is 24.3 Å². The first kappa shape index (κ1) is 15.4. The zero-order valence-corrected chi connectivity index (χ0v) is 14.2. The number of fused-ring (bicyclic) bond motifs is 2. The number of Topliss-reactive ketones (excluding diaryl/α,β-unsaturated/α-hetero) is 1. The number of ether oxygens (including phenoxy) is 1. The Morgan fingerprint density at radius 1 is 1.20 bits per heavy atom. The highest BCUT2D eigenvalue weighted by Gasteiger charge is 2.28. The maximum atomic E-state index is 12.9. The standard InChI is InChI=1S/C20H18N2O3/c1-13-7-8-19-17(9-13)22(20(24)12-25-19)11-18(23)15-10-21(2)16-6-4-3-5-14(15)16/h3-10H,11-12H2,1-2H3. The second kappa shape index (κ2) is 5.77. The van der Waals surface area contributed by atoms with Gasteiger partial charge < -0.3 is 9.30 Å². The third kappa shape index (κ3) is 2.58. The summed E-state index contributed by atoms with van der Waals surface area (Å²) in [5.41, 5.74) is 3.30. The highest BCUT2D eigenvalue weighted by atomic mass is 16.5. The van der Waals surface area contributed by atoms with Gasteiger partial charge in [-0.15, -0.1) is 0 Å². The van der Waals surface area contributed by atoms with Gasteiger partial charge in [-0.3, -0.25) is 14.5 Å². The average molecular weight is 334 g/mol. The van der Waals surface area contributed by atoms with Crippen LogP contribution in [-0.4, -0.2) is 29.4 Å². The molecule has 4 rings (SSSR count). The van der Waals surface area contributed by atoms with Crippen LogP contribution in [0.5, 0.6) is 5.75 Å². The Kier molecular flexibility index (Phi) is 3.57. The Hall–Kier alpha value is -3.08. The van der Waals surface area contributed by atoms with Crippen molar-refractivity contribution in [3.8, 4) is 5.75 Å². The van der Waals surface area contributed by atoms with Gasteiger partial charge in [0, 0.05) is 29.7 Å². The maximum Gasteiger partial charge on any atom is 0.265 e. The number of benzene rings is 2. The van der Waals surface area contributed by atoms with Gasteiger partial charge in [0.15, 0.2) is 12.4 Å². The van der Waals surface area contributed by atoms with Gasteiger partial charge in [0.05, 0.1) is 12.2 Å². The molecule has 0 radical (unpaired) electrons. The molecule has 5 heteroatoms. The number of aryl methyl sites for hydroxylation is 2. The molecule has 0 fully saturated rings. The summed E-state index contributed by atoms with van der Waals surface area (Å²) in [5.74, 6) is 0.349. The first-order valence-electron chi connectivity index (χ1n) is 8.15. The van der Waals surface area contributed by atoms with Crippen molar-refractivity contribution in [2.75, 3.05) is 18.1 Å². The van der Waals surface area contributed by atoms with E-state index in [2.05, 4.69) is 0 Å². The molecule has 25 heavy (non-hydrogen) atoms. The number of amides is 1. The van der Waals surface area contributed by atoms with Gasteiger partial charge >= 0.3 is 0 Å². The van der Waals surface area contributed by atoms with Gasteiger partial charge in [0.1, 0.15) is 5.75 Å². The van der Waals surface area contributed by atoms with Crippen LogP contribution in [0.4, 0.5) is 5.69 Å². The molecular formula is C20H18N2O3. The molecule has 2 aromatic carbocycles. The molecule has 1 amide bonds. The zero-order valence-electron chi connectivity index (χ0n) is 14.2. The first-order valence-corrected chi connectivity index (χ1v) is 8.15. The molecule has 3 aromatic rings. The van der Waals surface area contributed by atoms with E-state index in [0.29, 0.717) is 17.0 Å². The number of aromatic nitrogens is 1. The number of carbonyl (C=O) groups excluding carboxylic acids is 2. The first-order chi connectivity index (χ1) is 12.0. The Bertz CT molecular complexity index is 1000. The lowest BCUT2D eigenvalue weighted by atomic mass is 10.1. The van der Waals surface area contributed by atoms with Crippen LogP contribution in [0, 0.1) is 6.92 Å². The summed E-state index contributed by atoms with van der Waals surface area (Å²) in [7, 11) is 1.91. The molecule has 126 valence electrons. The Labute approximate surface area is 145 Å². The predicted molar refractivity (Wildman–Crippen MR) is 96.3 cm³/mol. The van der Waals surface area contributed by atoms with Crippen molar-refractivity contribution in [1.82, 2.24) is 4.57 Å². The van der Waals surface area contributed by atoms with E-state index in [1.807, 2.05) is 67.2 Å². The number of nitrogens with zero attached hydrogens (tertiary/aromatic N) is 2.